The van der Waals surface area contributed by atoms with Crippen LogP contribution in [0.1, 0.15) is 26.3 Å². The molecule has 0 bridgehead atoms. The lowest BCUT2D eigenvalue weighted by Gasteiger charge is -2.10. The Kier molecular flexibility index (Phi) is 6.63. The van der Waals surface area contributed by atoms with Crippen molar-refractivity contribution in [3.8, 4) is 11.5 Å². The molecule has 14 heavy (non-hydrogen) atoms. The van der Waals surface area contributed by atoms with Gasteiger partial charge in [0, 0.05) is 5.56 Å². The Morgan fingerprint density at radius 1 is 1.00 bits per heavy atom. The van der Waals surface area contributed by atoms with Crippen LogP contribution in [-0.2, 0) is 6.42 Å². The summed E-state index contributed by atoms with van der Waals surface area (Å²) in [6.45, 7) is 6.08. The molecule has 80 valence electrons. The number of methoxy groups -OCH3 is 2. The van der Waals surface area contributed by atoms with Crippen molar-refractivity contribution in [1.82, 2.24) is 0 Å². The number of benzene rings is 1. The fraction of sp³-hybridized carbons (Fsp3) is 0.500. The molecule has 0 saturated heterocycles. The van der Waals surface area contributed by atoms with Crippen LogP contribution in [0.2, 0.25) is 0 Å². The van der Waals surface area contributed by atoms with E-state index in [1.807, 2.05) is 32.0 Å². The normalized spacial score (nSPS) is 8.64. The van der Waals surface area contributed by atoms with Crippen molar-refractivity contribution < 1.29 is 9.47 Å². The fourth-order valence-corrected chi connectivity index (χ4v) is 1.28. The first-order chi connectivity index (χ1) is 6.83. The molecule has 2 heteroatoms. The monoisotopic (exact) mass is 196 g/mol. The number of hydrogen-bond acceptors (Lipinski definition) is 2. The predicted octanol–water partition coefficient (Wildman–Crippen LogP) is 3.29. The van der Waals surface area contributed by atoms with Crippen LogP contribution >= 0.6 is 0 Å². The summed E-state index contributed by atoms with van der Waals surface area (Å²) in [4.78, 5) is 0. The molecule has 0 unspecified atom stereocenters. The fourth-order valence-electron chi connectivity index (χ4n) is 1.28. The largest absolute Gasteiger partial charge is 0.496 e. The molecule has 1 aromatic rings. The first kappa shape index (κ1) is 12.8. The van der Waals surface area contributed by atoms with Crippen LogP contribution in [0.5, 0.6) is 11.5 Å². The second-order valence-electron chi connectivity index (χ2n) is 2.49. The molecule has 0 aliphatic rings. The Morgan fingerprint density at radius 3 is 1.71 bits per heavy atom. The van der Waals surface area contributed by atoms with Crippen molar-refractivity contribution in [2.24, 2.45) is 0 Å². The van der Waals surface area contributed by atoms with Gasteiger partial charge >= 0.3 is 0 Å². The zero-order valence-electron chi connectivity index (χ0n) is 9.76. The molecular formula is C12H20O2. The molecule has 0 radical (unpaired) electrons. The third-order valence-corrected chi connectivity index (χ3v) is 1.88. The van der Waals surface area contributed by atoms with E-state index in [4.69, 9.17) is 9.47 Å². The molecule has 0 amide bonds. The maximum Gasteiger partial charge on any atom is 0.125 e. The molecule has 0 saturated carbocycles. The van der Waals surface area contributed by atoms with Gasteiger partial charge in [-0.1, -0.05) is 26.8 Å². The highest BCUT2D eigenvalue weighted by atomic mass is 16.5. The topological polar surface area (TPSA) is 18.5 Å². The van der Waals surface area contributed by atoms with Crippen LogP contribution in [0, 0.1) is 0 Å². The van der Waals surface area contributed by atoms with E-state index in [1.54, 1.807) is 14.2 Å². The molecule has 0 fully saturated rings. The highest BCUT2D eigenvalue weighted by molar-refractivity contribution is 5.44. The molecule has 0 spiro atoms. The van der Waals surface area contributed by atoms with Gasteiger partial charge in [0.25, 0.3) is 0 Å². The maximum absolute atomic E-state index is 5.20. The number of hydrogen-bond donors (Lipinski definition) is 0. The Morgan fingerprint density at radius 2 is 1.43 bits per heavy atom. The minimum absolute atomic E-state index is 0.900. The minimum atomic E-state index is 0.900. The van der Waals surface area contributed by atoms with Crippen molar-refractivity contribution in [2.45, 2.75) is 27.2 Å². The SMILES string of the molecule is CC.CCc1c(OC)cccc1OC. The summed E-state index contributed by atoms with van der Waals surface area (Å²) in [6.07, 6.45) is 0.924. The van der Waals surface area contributed by atoms with Crippen LogP contribution in [0.25, 0.3) is 0 Å². The first-order valence-corrected chi connectivity index (χ1v) is 5.03. The number of rotatable bonds is 3. The summed E-state index contributed by atoms with van der Waals surface area (Å²) in [5, 5.41) is 0. The van der Waals surface area contributed by atoms with E-state index in [-0.39, 0.29) is 0 Å². The molecule has 0 atom stereocenters. The summed E-state index contributed by atoms with van der Waals surface area (Å²) >= 11 is 0. The van der Waals surface area contributed by atoms with E-state index in [1.165, 1.54) is 0 Å². The molecule has 1 rings (SSSR count). The van der Waals surface area contributed by atoms with Gasteiger partial charge in [0.15, 0.2) is 0 Å². The molecule has 2 nitrogen and oxygen atoms in total. The molecule has 0 aromatic heterocycles. The molecule has 1 aromatic carbocycles. The summed E-state index contributed by atoms with van der Waals surface area (Å²) in [6, 6.07) is 5.82. The lowest BCUT2D eigenvalue weighted by atomic mass is 10.1. The molecular weight excluding hydrogens is 176 g/mol. The van der Waals surface area contributed by atoms with Gasteiger partial charge < -0.3 is 9.47 Å². The van der Waals surface area contributed by atoms with Crippen LogP contribution in [0.15, 0.2) is 18.2 Å². The van der Waals surface area contributed by atoms with Gasteiger partial charge in [0.1, 0.15) is 11.5 Å². The number of ether oxygens (including phenoxy) is 2. The second kappa shape index (κ2) is 7.25. The molecule has 0 aliphatic heterocycles. The van der Waals surface area contributed by atoms with Crippen LogP contribution in [0.3, 0.4) is 0 Å². The highest BCUT2D eigenvalue weighted by Gasteiger charge is 2.05. The third-order valence-electron chi connectivity index (χ3n) is 1.88. The lowest BCUT2D eigenvalue weighted by Crippen LogP contribution is -1.94. The van der Waals surface area contributed by atoms with Crippen molar-refractivity contribution in [2.75, 3.05) is 14.2 Å². The van der Waals surface area contributed by atoms with Crippen LogP contribution < -0.4 is 9.47 Å². The van der Waals surface area contributed by atoms with Gasteiger partial charge in [-0.15, -0.1) is 0 Å². The quantitative estimate of drug-likeness (QED) is 0.738. The van der Waals surface area contributed by atoms with Crippen LogP contribution in [-0.4, -0.2) is 14.2 Å². The van der Waals surface area contributed by atoms with Crippen LogP contribution in [0.4, 0.5) is 0 Å². The molecule has 0 heterocycles. The van der Waals surface area contributed by atoms with E-state index in [2.05, 4.69) is 6.92 Å². The van der Waals surface area contributed by atoms with Gasteiger partial charge in [-0.2, -0.15) is 0 Å². The summed E-state index contributed by atoms with van der Waals surface area (Å²) in [5.74, 6) is 1.80. The van der Waals surface area contributed by atoms with E-state index < -0.39 is 0 Å². The highest BCUT2D eigenvalue weighted by Crippen LogP contribution is 2.28. The van der Waals surface area contributed by atoms with Crippen molar-refractivity contribution in [1.29, 1.82) is 0 Å². The summed E-state index contributed by atoms with van der Waals surface area (Å²) in [5.41, 5.74) is 1.13. The van der Waals surface area contributed by atoms with E-state index in [9.17, 15) is 0 Å². The molecule has 0 aliphatic carbocycles. The zero-order valence-corrected chi connectivity index (χ0v) is 9.76. The Labute approximate surface area is 86.9 Å². The van der Waals surface area contributed by atoms with Gasteiger partial charge in [-0.3, -0.25) is 0 Å². The van der Waals surface area contributed by atoms with E-state index in [0.29, 0.717) is 0 Å². The minimum Gasteiger partial charge on any atom is -0.496 e. The van der Waals surface area contributed by atoms with Gasteiger partial charge in [-0.05, 0) is 18.6 Å². The van der Waals surface area contributed by atoms with E-state index >= 15 is 0 Å². The van der Waals surface area contributed by atoms with Crippen molar-refractivity contribution in [3.05, 3.63) is 23.8 Å². The standard InChI is InChI=1S/C10H14O2.C2H6/c1-4-8-9(11-2)6-5-7-10(8)12-3;1-2/h5-7H,4H2,1-3H3;1-2H3. The summed E-state index contributed by atoms with van der Waals surface area (Å²) < 4.78 is 10.4. The first-order valence-electron chi connectivity index (χ1n) is 5.03. The lowest BCUT2D eigenvalue weighted by molar-refractivity contribution is 0.386. The smallest absolute Gasteiger partial charge is 0.125 e. The summed E-state index contributed by atoms with van der Waals surface area (Å²) in [7, 11) is 3.35. The van der Waals surface area contributed by atoms with E-state index in [0.717, 1.165) is 23.5 Å². The average Bonchev–Trinajstić information content (AvgIpc) is 2.30. The molecule has 0 N–H and O–H groups in total. The van der Waals surface area contributed by atoms with Gasteiger partial charge in [0.2, 0.25) is 0 Å². The maximum atomic E-state index is 5.20. The Hall–Kier alpha value is -1.18. The van der Waals surface area contributed by atoms with Gasteiger partial charge in [-0.25, -0.2) is 0 Å². The average molecular weight is 196 g/mol. The third kappa shape index (κ3) is 2.95. The van der Waals surface area contributed by atoms with Crippen molar-refractivity contribution in [3.63, 3.8) is 0 Å². The Balaban J connectivity index is 0.000000791. The van der Waals surface area contributed by atoms with Gasteiger partial charge in [0.05, 0.1) is 14.2 Å². The second-order valence-corrected chi connectivity index (χ2v) is 2.49. The van der Waals surface area contributed by atoms with Crippen molar-refractivity contribution >= 4 is 0 Å². The predicted molar refractivity (Wildman–Crippen MR) is 60.3 cm³/mol. The Bertz CT molecular complexity index is 234. The zero-order chi connectivity index (χ0) is 11.0.